The molecule has 0 aromatic rings. The number of hydrogen-bond donors (Lipinski definition) is 2. The van der Waals surface area contributed by atoms with Crippen molar-refractivity contribution in [3.63, 3.8) is 0 Å². The van der Waals surface area contributed by atoms with Gasteiger partial charge in [0.05, 0.1) is 6.61 Å². The van der Waals surface area contributed by atoms with Crippen LogP contribution < -0.4 is 5.32 Å². The van der Waals surface area contributed by atoms with Crippen molar-refractivity contribution < 1.29 is 9.84 Å². The van der Waals surface area contributed by atoms with E-state index in [1.54, 1.807) is 0 Å². The lowest BCUT2D eigenvalue weighted by Gasteiger charge is -2.31. The molecule has 0 rings (SSSR count). The maximum absolute atomic E-state index is 9.00. The van der Waals surface area contributed by atoms with E-state index in [4.69, 9.17) is 9.84 Å². The van der Waals surface area contributed by atoms with Crippen LogP contribution in [0.25, 0.3) is 0 Å². The molecule has 0 heterocycles. The summed E-state index contributed by atoms with van der Waals surface area (Å²) in [5.41, 5.74) is 0.187. The minimum atomic E-state index is 0.187. The third kappa shape index (κ3) is 8.08. The van der Waals surface area contributed by atoms with E-state index in [9.17, 15) is 0 Å². The predicted molar refractivity (Wildman–Crippen MR) is 68.7 cm³/mol. The first kappa shape index (κ1) is 15.9. The first-order chi connectivity index (χ1) is 7.52. The summed E-state index contributed by atoms with van der Waals surface area (Å²) in [6, 6.07) is 0.354. The summed E-state index contributed by atoms with van der Waals surface area (Å²) in [5.74, 6) is 0. The Balaban J connectivity index is 3.61. The molecule has 3 nitrogen and oxygen atoms in total. The van der Waals surface area contributed by atoms with Crippen LogP contribution in [-0.4, -0.2) is 37.5 Å². The maximum atomic E-state index is 9.00. The maximum Gasteiger partial charge on any atom is 0.0591 e. The number of hydrogen-bond acceptors (Lipinski definition) is 3. The van der Waals surface area contributed by atoms with E-state index in [0.29, 0.717) is 6.04 Å². The molecule has 0 aromatic carbocycles. The van der Waals surface area contributed by atoms with E-state index in [1.165, 1.54) is 6.42 Å². The Hall–Kier alpha value is -0.120. The van der Waals surface area contributed by atoms with E-state index in [1.807, 2.05) is 0 Å². The molecule has 16 heavy (non-hydrogen) atoms. The van der Waals surface area contributed by atoms with Crippen molar-refractivity contribution in [3.8, 4) is 0 Å². The Kier molecular flexibility index (Phi) is 8.90. The first-order valence-corrected chi connectivity index (χ1v) is 6.44. The van der Waals surface area contributed by atoms with Crippen LogP contribution >= 0.6 is 0 Å². The van der Waals surface area contributed by atoms with Gasteiger partial charge in [-0.3, -0.25) is 0 Å². The second-order valence-corrected chi connectivity index (χ2v) is 5.35. The van der Waals surface area contributed by atoms with E-state index < -0.39 is 0 Å². The van der Waals surface area contributed by atoms with Crippen molar-refractivity contribution in [1.29, 1.82) is 0 Å². The average Bonchev–Trinajstić information content (AvgIpc) is 2.20. The fourth-order valence-corrected chi connectivity index (χ4v) is 1.62. The minimum absolute atomic E-state index is 0.187. The van der Waals surface area contributed by atoms with Gasteiger partial charge in [-0.25, -0.2) is 0 Å². The molecule has 0 aliphatic carbocycles. The van der Waals surface area contributed by atoms with Crippen LogP contribution in [0, 0.1) is 5.41 Å². The first-order valence-electron chi connectivity index (χ1n) is 6.44. The second-order valence-electron chi connectivity index (χ2n) is 5.35. The number of nitrogens with one attached hydrogen (secondary N) is 1. The Morgan fingerprint density at radius 2 is 1.94 bits per heavy atom. The van der Waals surface area contributed by atoms with Crippen LogP contribution in [0.3, 0.4) is 0 Å². The van der Waals surface area contributed by atoms with E-state index in [2.05, 4.69) is 33.0 Å². The zero-order valence-electron chi connectivity index (χ0n) is 11.4. The van der Waals surface area contributed by atoms with Crippen LogP contribution in [0.15, 0.2) is 0 Å². The highest BCUT2D eigenvalue weighted by Gasteiger charge is 2.22. The molecule has 0 radical (unpaired) electrons. The molecule has 1 atom stereocenters. The van der Waals surface area contributed by atoms with Crippen LogP contribution in [0.1, 0.15) is 47.0 Å². The van der Waals surface area contributed by atoms with E-state index >= 15 is 0 Å². The highest BCUT2D eigenvalue weighted by Crippen LogP contribution is 2.21. The van der Waals surface area contributed by atoms with E-state index in [0.717, 1.165) is 32.6 Å². The third-order valence-corrected chi connectivity index (χ3v) is 2.74. The topological polar surface area (TPSA) is 41.5 Å². The van der Waals surface area contributed by atoms with Crippen LogP contribution in [0.4, 0.5) is 0 Å². The van der Waals surface area contributed by atoms with Gasteiger partial charge in [-0.05, 0) is 18.3 Å². The summed E-state index contributed by atoms with van der Waals surface area (Å²) in [6.45, 7) is 11.5. The van der Waals surface area contributed by atoms with Gasteiger partial charge in [0.1, 0.15) is 0 Å². The lowest BCUT2D eigenvalue weighted by atomic mass is 9.85. The van der Waals surface area contributed by atoms with Crippen LogP contribution in [0.5, 0.6) is 0 Å². The van der Waals surface area contributed by atoms with Crippen molar-refractivity contribution in [2.45, 2.75) is 53.0 Å². The monoisotopic (exact) mass is 231 g/mol. The zero-order chi connectivity index (χ0) is 12.4. The predicted octanol–water partition coefficient (Wildman–Crippen LogP) is 2.19. The summed E-state index contributed by atoms with van der Waals surface area (Å²) < 4.78 is 5.49. The van der Waals surface area contributed by atoms with Crippen molar-refractivity contribution >= 4 is 0 Å². The van der Waals surface area contributed by atoms with Gasteiger partial charge >= 0.3 is 0 Å². The van der Waals surface area contributed by atoms with Crippen molar-refractivity contribution in [2.75, 3.05) is 26.4 Å². The quantitative estimate of drug-likeness (QED) is 0.598. The SMILES string of the molecule is CCCCOCCNC(CCO)C(C)(C)C. The summed E-state index contributed by atoms with van der Waals surface area (Å²) in [4.78, 5) is 0. The molecule has 0 bridgehead atoms. The lowest BCUT2D eigenvalue weighted by Crippen LogP contribution is -2.42. The molecule has 0 fully saturated rings. The number of rotatable bonds is 9. The number of aliphatic hydroxyl groups excluding tert-OH is 1. The molecule has 98 valence electrons. The molecule has 0 saturated heterocycles. The standard InChI is InChI=1S/C13H29NO2/c1-5-6-10-16-11-8-14-12(7-9-15)13(2,3)4/h12,14-15H,5-11H2,1-4H3. The molecular formula is C13H29NO2. The molecule has 0 aliphatic rings. The molecular weight excluding hydrogens is 202 g/mol. The largest absolute Gasteiger partial charge is 0.396 e. The number of aliphatic hydroxyl groups is 1. The van der Waals surface area contributed by atoms with Gasteiger partial charge in [0, 0.05) is 25.8 Å². The Morgan fingerprint density at radius 3 is 2.44 bits per heavy atom. The van der Waals surface area contributed by atoms with Gasteiger partial charge in [0.2, 0.25) is 0 Å². The van der Waals surface area contributed by atoms with Gasteiger partial charge in [-0.15, -0.1) is 0 Å². The molecule has 0 aromatic heterocycles. The van der Waals surface area contributed by atoms with Crippen molar-refractivity contribution in [1.82, 2.24) is 5.32 Å². The lowest BCUT2D eigenvalue weighted by molar-refractivity contribution is 0.121. The van der Waals surface area contributed by atoms with E-state index in [-0.39, 0.29) is 12.0 Å². The fourth-order valence-electron chi connectivity index (χ4n) is 1.62. The smallest absolute Gasteiger partial charge is 0.0591 e. The Morgan fingerprint density at radius 1 is 1.25 bits per heavy atom. The second kappa shape index (κ2) is 8.97. The molecule has 3 heteroatoms. The molecule has 0 amide bonds. The molecule has 2 N–H and O–H groups in total. The highest BCUT2D eigenvalue weighted by molar-refractivity contribution is 4.79. The molecule has 0 saturated carbocycles. The van der Waals surface area contributed by atoms with Gasteiger partial charge in [-0.1, -0.05) is 34.1 Å². The Bertz CT molecular complexity index is 155. The molecule has 1 unspecified atom stereocenters. The normalized spacial score (nSPS) is 14.1. The van der Waals surface area contributed by atoms with Crippen molar-refractivity contribution in [2.24, 2.45) is 5.41 Å². The summed E-state index contributed by atoms with van der Waals surface area (Å²) in [6.07, 6.45) is 3.13. The Labute approximate surface area is 101 Å². The average molecular weight is 231 g/mol. The van der Waals surface area contributed by atoms with Gasteiger partial charge in [0.25, 0.3) is 0 Å². The van der Waals surface area contributed by atoms with Crippen LogP contribution in [-0.2, 0) is 4.74 Å². The summed E-state index contributed by atoms with van der Waals surface area (Å²) in [7, 11) is 0. The fraction of sp³-hybridized carbons (Fsp3) is 1.00. The number of ether oxygens (including phenoxy) is 1. The summed E-state index contributed by atoms with van der Waals surface area (Å²) in [5, 5.41) is 12.5. The highest BCUT2D eigenvalue weighted by atomic mass is 16.5. The van der Waals surface area contributed by atoms with Gasteiger partial charge < -0.3 is 15.2 Å². The van der Waals surface area contributed by atoms with Crippen LogP contribution in [0.2, 0.25) is 0 Å². The zero-order valence-corrected chi connectivity index (χ0v) is 11.4. The minimum Gasteiger partial charge on any atom is -0.396 e. The molecule has 0 spiro atoms. The van der Waals surface area contributed by atoms with Crippen molar-refractivity contribution in [3.05, 3.63) is 0 Å². The third-order valence-electron chi connectivity index (χ3n) is 2.74. The summed E-state index contributed by atoms with van der Waals surface area (Å²) >= 11 is 0. The number of unbranched alkanes of at least 4 members (excludes halogenated alkanes) is 1. The van der Waals surface area contributed by atoms with Gasteiger partial charge in [0.15, 0.2) is 0 Å². The van der Waals surface area contributed by atoms with Gasteiger partial charge in [-0.2, -0.15) is 0 Å². The molecule has 0 aliphatic heterocycles.